The average Bonchev–Trinajstić information content (AvgIpc) is 2.42. The number of nitrogens with zero attached hydrogens (tertiary/aromatic N) is 1. The minimum absolute atomic E-state index is 0.134. The lowest BCUT2D eigenvalue weighted by molar-refractivity contribution is 0.155. The highest BCUT2D eigenvalue weighted by atomic mass is 79.9. The Morgan fingerprint density at radius 2 is 2.00 bits per heavy atom. The van der Waals surface area contributed by atoms with Crippen LogP contribution in [-0.2, 0) is 6.54 Å². The molecule has 2 rings (SSSR count). The second kappa shape index (κ2) is 7.61. The Balaban J connectivity index is 2.06. The molecule has 0 atom stereocenters. The Morgan fingerprint density at radius 3 is 2.63 bits per heavy atom. The number of benzene rings is 1. The maximum absolute atomic E-state index is 13.9. The van der Waals surface area contributed by atoms with Crippen LogP contribution in [0.1, 0.15) is 37.7 Å². The van der Waals surface area contributed by atoms with Crippen molar-refractivity contribution in [3.8, 4) is 0 Å². The second-order valence-electron chi connectivity index (χ2n) is 5.19. The van der Waals surface area contributed by atoms with E-state index in [-0.39, 0.29) is 5.82 Å². The second-order valence-corrected chi connectivity index (χ2v) is 6.48. The standard InChI is InChI=1S/C15H20BrClFN/c16-13-7-6-12(15(18)10-13)11-19(9-8-17)14-4-2-1-3-5-14/h6-7,10,14H,1-5,8-9,11H2. The Hall–Kier alpha value is -0.120. The fourth-order valence-corrected chi connectivity index (χ4v) is 3.36. The summed E-state index contributed by atoms with van der Waals surface area (Å²) in [7, 11) is 0. The predicted octanol–water partition coefficient (Wildman–Crippen LogP) is 4.96. The monoisotopic (exact) mass is 347 g/mol. The zero-order chi connectivity index (χ0) is 13.7. The van der Waals surface area contributed by atoms with Gasteiger partial charge in [-0.1, -0.05) is 41.3 Å². The number of hydrogen-bond donors (Lipinski definition) is 0. The lowest BCUT2D eigenvalue weighted by Gasteiger charge is -2.34. The van der Waals surface area contributed by atoms with E-state index < -0.39 is 0 Å². The molecular weight excluding hydrogens is 329 g/mol. The van der Waals surface area contributed by atoms with Crippen molar-refractivity contribution in [2.24, 2.45) is 0 Å². The summed E-state index contributed by atoms with van der Waals surface area (Å²) in [6, 6.07) is 5.87. The predicted molar refractivity (Wildman–Crippen MR) is 82.1 cm³/mol. The van der Waals surface area contributed by atoms with E-state index in [9.17, 15) is 4.39 Å². The van der Waals surface area contributed by atoms with E-state index in [1.165, 1.54) is 38.2 Å². The van der Waals surface area contributed by atoms with Gasteiger partial charge in [0.2, 0.25) is 0 Å². The summed E-state index contributed by atoms with van der Waals surface area (Å²) in [5.41, 5.74) is 0.763. The Labute approximate surface area is 128 Å². The third-order valence-corrected chi connectivity index (χ3v) is 4.51. The first-order chi connectivity index (χ1) is 9.20. The summed E-state index contributed by atoms with van der Waals surface area (Å²) in [5.74, 6) is 0.471. The van der Waals surface area contributed by atoms with Crippen LogP contribution < -0.4 is 0 Å². The van der Waals surface area contributed by atoms with Gasteiger partial charge in [-0.25, -0.2) is 4.39 Å². The number of hydrogen-bond acceptors (Lipinski definition) is 1. The molecule has 1 saturated carbocycles. The van der Waals surface area contributed by atoms with E-state index in [2.05, 4.69) is 20.8 Å². The Kier molecular flexibility index (Phi) is 6.11. The Bertz CT molecular complexity index is 407. The summed E-state index contributed by atoms with van der Waals surface area (Å²) in [5, 5.41) is 0. The minimum Gasteiger partial charge on any atom is -0.295 e. The highest BCUT2D eigenvalue weighted by Crippen LogP contribution is 2.25. The van der Waals surface area contributed by atoms with E-state index in [0.717, 1.165) is 16.6 Å². The maximum Gasteiger partial charge on any atom is 0.128 e. The van der Waals surface area contributed by atoms with Crippen LogP contribution in [0.25, 0.3) is 0 Å². The lowest BCUT2D eigenvalue weighted by Crippen LogP contribution is -2.37. The van der Waals surface area contributed by atoms with E-state index in [1.54, 1.807) is 0 Å². The summed E-state index contributed by atoms with van der Waals surface area (Å²) in [4.78, 5) is 2.35. The summed E-state index contributed by atoms with van der Waals surface area (Å²) >= 11 is 9.20. The fourth-order valence-electron chi connectivity index (χ4n) is 2.81. The molecule has 0 saturated heterocycles. The highest BCUT2D eigenvalue weighted by molar-refractivity contribution is 9.10. The average molecular weight is 349 g/mol. The van der Waals surface area contributed by atoms with Gasteiger partial charge in [-0.05, 0) is 25.0 Å². The van der Waals surface area contributed by atoms with Crippen LogP contribution in [0.2, 0.25) is 0 Å². The molecule has 0 spiro atoms. The van der Waals surface area contributed by atoms with Gasteiger partial charge < -0.3 is 0 Å². The molecule has 19 heavy (non-hydrogen) atoms. The number of rotatable bonds is 5. The van der Waals surface area contributed by atoms with Crippen molar-refractivity contribution >= 4 is 27.5 Å². The van der Waals surface area contributed by atoms with Crippen molar-refractivity contribution in [3.63, 3.8) is 0 Å². The molecule has 0 aromatic heterocycles. The largest absolute Gasteiger partial charge is 0.295 e. The first kappa shape index (κ1) is 15.3. The molecule has 0 unspecified atom stereocenters. The van der Waals surface area contributed by atoms with Gasteiger partial charge in [0, 0.05) is 35.0 Å². The molecule has 1 aliphatic carbocycles. The molecule has 1 aliphatic rings. The zero-order valence-corrected chi connectivity index (χ0v) is 13.4. The molecule has 0 bridgehead atoms. The summed E-state index contributed by atoms with van der Waals surface area (Å²) < 4.78 is 14.7. The van der Waals surface area contributed by atoms with Crippen molar-refractivity contribution in [2.45, 2.75) is 44.7 Å². The molecule has 0 amide bonds. The van der Waals surface area contributed by atoms with Crippen molar-refractivity contribution in [2.75, 3.05) is 12.4 Å². The van der Waals surface area contributed by atoms with Gasteiger partial charge in [0.25, 0.3) is 0 Å². The number of halogens is 3. The minimum atomic E-state index is -0.134. The SMILES string of the molecule is Fc1cc(Br)ccc1CN(CCCl)C1CCCCC1. The normalized spacial score (nSPS) is 17.1. The Morgan fingerprint density at radius 1 is 1.26 bits per heavy atom. The van der Waals surface area contributed by atoms with Crippen molar-refractivity contribution in [1.82, 2.24) is 4.90 Å². The molecule has 0 aliphatic heterocycles. The smallest absolute Gasteiger partial charge is 0.128 e. The molecule has 1 nitrogen and oxygen atoms in total. The number of alkyl halides is 1. The van der Waals surface area contributed by atoms with Crippen LogP contribution in [0.4, 0.5) is 4.39 Å². The first-order valence-electron chi connectivity index (χ1n) is 6.94. The van der Waals surface area contributed by atoms with E-state index in [1.807, 2.05) is 12.1 Å². The van der Waals surface area contributed by atoms with Gasteiger partial charge in [-0.3, -0.25) is 4.90 Å². The van der Waals surface area contributed by atoms with Crippen LogP contribution in [0.15, 0.2) is 22.7 Å². The molecule has 4 heteroatoms. The molecule has 1 fully saturated rings. The van der Waals surface area contributed by atoms with Crippen LogP contribution in [-0.4, -0.2) is 23.4 Å². The van der Waals surface area contributed by atoms with E-state index in [0.29, 0.717) is 18.5 Å². The van der Waals surface area contributed by atoms with Crippen molar-refractivity contribution in [3.05, 3.63) is 34.1 Å². The van der Waals surface area contributed by atoms with Crippen LogP contribution >= 0.6 is 27.5 Å². The summed E-state index contributed by atoms with van der Waals surface area (Å²) in [6.45, 7) is 1.50. The van der Waals surface area contributed by atoms with Crippen LogP contribution in [0, 0.1) is 5.82 Å². The van der Waals surface area contributed by atoms with E-state index >= 15 is 0 Å². The highest BCUT2D eigenvalue weighted by Gasteiger charge is 2.21. The van der Waals surface area contributed by atoms with Crippen molar-refractivity contribution < 1.29 is 4.39 Å². The van der Waals surface area contributed by atoms with Gasteiger partial charge in [0.05, 0.1) is 0 Å². The van der Waals surface area contributed by atoms with Crippen molar-refractivity contribution in [1.29, 1.82) is 0 Å². The zero-order valence-electron chi connectivity index (χ0n) is 11.0. The maximum atomic E-state index is 13.9. The van der Waals surface area contributed by atoms with Crippen LogP contribution in [0.3, 0.4) is 0 Å². The van der Waals surface area contributed by atoms with Crippen LogP contribution in [0.5, 0.6) is 0 Å². The third kappa shape index (κ3) is 4.44. The van der Waals surface area contributed by atoms with Gasteiger partial charge in [-0.15, -0.1) is 11.6 Å². The summed E-state index contributed by atoms with van der Waals surface area (Å²) in [6.07, 6.45) is 6.33. The molecule has 1 aromatic rings. The molecular formula is C15H20BrClFN. The van der Waals surface area contributed by atoms with Gasteiger partial charge in [0.1, 0.15) is 5.82 Å². The molecule has 106 valence electrons. The quantitative estimate of drug-likeness (QED) is 0.680. The lowest BCUT2D eigenvalue weighted by atomic mass is 9.94. The van der Waals surface area contributed by atoms with E-state index in [4.69, 9.17) is 11.6 Å². The first-order valence-corrected chi connectivity index (χ1v) is 8.27. The van der Waals surface area contributed by atoms with Gasteiger partial charge >= 0.3 is 0 Å². The molecule has 0 radical (unpaired) electrons. The van der Waals surface area contributed by atoms with Gasteiger partial charge in [-0.2, -0.15) is 0 Å². The fraction of sp³-hybridized carbons (Fsp3) is 0.600. The third-order valence-electron chi connectivity index (χ3n) is 3.85. The van der Waals surface area contributed by atoms with Gasteiger partial charge in [0.15, 0.2) is 0 Å². The molecule has 1 aromatic carbocycles. The molecule has 0 heterocycles. The molecule has 0 N–H and O–H groups in total. The topological polar surface area (TPSA) is 3.24 Å².